The van der Waals surface area contributed by atoms with Crippen molar-refractivity contribution in [2.24, 2.45) is 7.05 Å². The van der Waals surface area contributed by atoms with Crippen LogP contribution in [0.15, 0.2) is 24.3 Å². The Balaban J connectivity index is 1.98. The Morgan fingerprint density at radius 2 is 1.74 bits per heavy atom. The van der Waals surface area contributed by atoms with Gasteiger partial charge in [0.15, 0.2) is 5.82 Å². The average molecular weight is 256 g/mol. The summed E-state index contributed by atoms with van der Waals surface area (Å²) in [6, 6.07) is 8.56. The van der Waals surface area contributed by atoms with Crippen molar-refractivity contribution in [2.45, 2.75) is 32.9 Å². The van der Waals surface area contributed by atoms with E-state index in [0.717, 1.165) is 30.3 Å². The van der Waals surface area contributed by atoms with E-state index in [4.69, 9.17) is 5.73 Å². The molecule has 0 saturated carbocycles. The Hall–Kier alpha value is -1.97. The van der Waals surface area contributed by atoms with Crippen molar-refractivity contribution in [1.82, 2.24) is 9.78 Å². The second-order valence-corrected chi connectivity index (χ2v) is 5.53. The van der Waals surface area contributed by atoms with Gasteiger partial charge in [0.1, 0.15) is 0 Å². The fraction of sp³-hybridized carbons (Fsp3) is 0.400. The van der Waals surface area contributed by atoms with E-state index in [1.807, 2.05) is 11.7 Å². The van der Waals surface area contributed by atoms with Crippen LogP contribution in [0.4, 0.5) is 11.5 Å². The van der Waals surface area contributed by atoms with E-state index in [0.29, 0.717) is 5.92 Å². The lowest BCUT2D eigenvalue weighted by Gasteiger charge is -2.18. The number of hydrogen-bond acceptors (Lipinski definition) is 3. The van der Waals surface area contributed by atoms with Gasteiger partial charge in [-0.25, -0.2) is 0 Å². The molecule has 4 nitrogen and oxygen atoms in total. The van der Waals surface area contributed by atoms with Crippen molar-refractivity contribution < 1.29 is 0 Å². The molecule has 2 aromatic rings. The van der Waals surface area contributed by atoms with Gasteiger partial charge in [-0.15, -0.1) is 0 Å². The molecule has 0 bridgehead atoms. The molecule has 0 amide bonds. The van der Waals surface area contributed by atoms with E-state index in [2.05, 4.69) is 48.1 Å². The minimum atomic E-state index is 0.352. The molecule has 0 atom stereocenters. The van der Waals surface area contributed by atoms with Gasteiger partial charge in [0.25, 0.3) is 0 Å². The monoisotopic (exact) mass is 256 g/mol. The zero-order chi connectivity index (χ0) is 13.6. The summed E-state index contributed by atoms with van der Waals surface area (Å²) in [6.07, 6.45) is 0. The second kappa shape index (κ2) is 4.30. The first-order chi connectivity index (χ1) is 9.08. The number of nitrogen functional groups attached to an aromatic ring is 1. The van der Waals surface area contributed by atoms with Crippen molar-refractivity contribution in [1.29, 1.82) is 0 Å². The predicted molar refractivity (Wildman–Crippen MR) is 78.0 cm³/mol. The second-order valence-electron chi connectivity index (χ2n) is 5.53. The maximum absolute atomic E-state index is 6.29. The van der Waals surface area contributed by atoms with Crippen LogP contribution in [0.1, 0.15) is 36.6 Å². The molecular formula is C15H20N4. The van der Waals surface area contributed by atoms with E-state index < -0.39 is 0 Å². The smallest absolute Gasteiger partial charge is 0.151 e. The SMILES string of the molecule is CC(C)c1nn(C)c(N2Cc3ccccc3C2)c1N. The minimum absolute atomic E-state index is 0.352. The summed E-state index contributed by atoms with van der Waals surface area (Å²) in [7, 11) is 1.97. The molecule has 0 unspecified atom stereocenters. The molecule has 0 spiro atoms. The molecule has 0 saturated heterocycles. The fourth-order valence-electron chi connectivity index (χ4n) is 2.84. The molecule has 1 aromatic heterocycles. The van der Waals surface area contributed by atoms with Crippen LogP contribution in [-0.2, 0) is 20.1 Å². The van der Waals surface area contributed by atoms with Crippen LogP contribution in [0.3, 0.4) is 0 Å². The van der Waals surface area contributed by atoms with Gasteiger partial charge in [-0.2, -0.15) is 5.10 Å². The maximum Gasteiger partial charge on any atom is 0.151 e. The predicted octanol–water partition coefficient (Wildman–Crippen LogP) is 2.65. The van der Waals surface area contributed by atoms with Crippen molar-refractivity contribution in [3.63, 3.8) is 0 Å². The molecule has 2 heterocycles. The third-order valence-electron chi connectivity index (χ3n) is 3.77. The Kier molecular flexibility index (Phi) is 2.73. The first-order valence-corrected chi connectivity index (χ1v) is 6.72. The highest BCUT2D eigenvalue weighted by Gasteiger charge is 2.25. The lowest BCUT2D eigenvalue weighted by atomic mass is 10.1. The number of fused-ring (bicyclic) bond motifs is 1. The van der Waals surface area contributed by atoms with E-state index >= 15 is 0 Å². The first-order valence-electron chi connectivity index (χ1n) is 6.72. The fourth-order valence-corrected chi connectivity index (χ4v) is 2.84. The lowest BCUT2D eigenvalue weighted by molar-refractivity contribution is 0.691. The highest BCUT2D eigenvalue weighted by atomic mass is 15.4. The third-order valence-corrected chi connectivity index (χ3v) is 3.77. The van der Waals surface area contributed by atoms with E-state index in [1.165, 1.54) is 11.1 Å². The van der Waals surface area contributed by atoms with Gasteiger partial charge in [0.2, 0.25) is 0 Å². The highest BCUT2D eigenvalue weighted by molar-refractivity contribution is 5.68. The number of benzene rings is 1. The van der Waals surface area contributed by atoms with Crippen LogP contribution in [0, 0.1) is 0 Å². The van der Waals surface area contributed by atoms with Gasteiger partial charge in [-0.1, -0.05) is 38.1 Å². The zero-order valence-corrected chi connectivity index (χ0v) is 11.7. The molecule has 2 N–H and O–H groups in total. The standard InChI is InChI=1S/C15H20N4/c1-10(2)14-13(16)15(18(3)17-14)19-8-11-6-4-5-7-12(11)9-19/h4-7,10H,8-9,16H2,1-3H3. The highest BCUT2D eigenvalue weighted by Crippen LogP contribution is 2.35. The molecule has 3 rings (SSSR count). The van der Waals surface area contributed by atoms with Crippen LogP contribution in [0.2, 0.25) is 0 Å². The van der Waals surface area contributed by atoms with Gasteiger partial charge in [-0.3, -0.25) is 4.68 Å². The summed E-state index contributed by atoms with van der Waals surface area (Å²) in [5.74, 6) is 1.39. The van der Waals surface area contributed by atoms with Gasteiger partial charge in [-0.05, 0) is 17.0 Å². The molecule has 0 fully saturated rings. The normalized spacial score (nSPS) is 14.2. The largest absolute Gasteiger partial charge is 0.394 e. The topological polar surface area (TPSA) is 47.1 Å². The van der Waals surface area contributed by atoms with Crippen LogP contribution < -0.4 is 10.6 Å². The Morgan fingerprint density at radius 3 is 2.21 bits per heavy atom. The molecule has 1 aromatic carbocycles. The van der Waals surface area contributed by atoms with E-state index in [1.54, 1.807) is 0 Å². The van der Waals surface area contributed by atoms with Gasteiger partial charge < -0.3 is 10.6 Å². The maximum atomic E-state index is 6.29. The van der Waals surface area contributed by atoms with Crippen molar-refractivity contribution >= 4 is 11.5 Å². The number of nitrogens with zero attached hydrogens (tertiary/aromatic N) is 3. The summed E-state index contributed by atoms with van der Waals surface area (Å²) in [5.41, 5.74) is 10.9. The Labute approximate surface area is 113 Å². The zero-order valence-electron chi connectivity index (χ0n) is 11.7. The van der Waals surface area contributed by atoms with Crippen LogP contribution in [0.5, 0.6) is 0 Å². The number of hydrogen-bond donors (Lipinski definition) is 1. The van der Waals surface area contributed by atoms with Crippen molar-refractivity contribution in [3.8, 4) is 0 Å². The van der Waals surface area contributed by atoms with Crippen LogP contribution in [-0.4, -0.2) is 9.78 Å². The number of aryl methyl sites for hydroxylation is 1. The number of aromatic nitrogens is 2. The van der Waals surface area contributed by atoms with E-state index in [-0.39, 0.29) is 0 Å². The summed E-state index contributed by atoms with van der Waals surface area (Å²) in [5, 5.41) is 4.57. The lowest BCUT2D eigenvalue weighted by Crippen LogP contribution is -2.19. The molecule has 19 heavy (non-hydrogen) atoms. The molecule has 1 aliphatic heterocycles. The summed E-state index contributed by atoms with van der Waals surface area (Å²) >= 11 is 0. The summed E-state index contributed by atoms with van der Waals surface area (Å²) in [6.45, 7) is 6.08. The van der Waals surface area contributed by atoms with Gasteiger partial charge in [0, 0.05) is 20.1 Å². The molecule has 4 heteroatoms. The van der Waals surface area contributed by atoms with Gasteiger partial charge in [0.05, 0.1) is 11.4 Å². The van der Waals surface area contributed by atoms with Crippen molar-refractivity contribution in [3.05, 3.63) is 41.1 Å². The summed E-state index contributed by atoms with van der Waals surface area (Å²) < 4.78 is 1.91. The molecule has 0 aliphatic carbocycles. The molecular weight excluding hydrogens is 236 g/mol. The number of nitrogens with two attached hydrogens (primary N) is 1. The molecule has 1 aliphatic rings. The summed E-state index contributed by atoms with van der Waals surface area (Å²) in [4.78, 5) is 2.30. The van der Waals surface area contributed by atoms with Crippen molar-refractivity contribution in [2.75, 3.05) is 10.6 Å². The molecule has 0 radical (unpaired) electrons. The Morgan fingerprint density at radius 1 is 1.16 bits per heavy atom. The minimum Gasteiger partial charge on any atom is -0.394 e. The van der Waals surface area contributed by atoms with Crippen LogP contribution in [0.25, 0.3) is 0 Å². The quantitative estimate of drug-likeness (QED) is 0.898. The van der Waals surface area contributed by atoms with E-state index in [9.17, 15) is 0 Å². The Bertz CT molecular complexity index is 588. The van der Waals surface area contributed by atoms with Crippen LogP contribution >= 0.6 is 0 Å². The first kappa shape index (κ1) is 12.1. The number of anilines is 2. The number of rotatable bonds is 2. The molecule has 100 valence electrons. The average Bonchev–Trinajstić information content (AvgIpc) is 2.90. The third kappa shape index (κ3) is 1.87. The van der Waals surface area contributed by atoms with Gasteiger partial charge >= 0.3 is 0 Å².